The third-order valence-corrected chi connectivity index (χ3v) is 4.54. The molecule has 1 saturated heterocycles. The highest BCUT2D eigenvalue weighted by molar-refractivity contribution is 5.82. The Morgan fingerprint density at radius 2 is 1.88 bits per heavy atom. The maximum Gasteiger partial charge on any atom is 0.239 e. The van der Waals surface area contributed by atoms with Gasteiger partial charge in [-0.15, -0.1) is 0 Å². The number of amides is 2. The first-order chi connectivity index (χ1) is 11.4. The fraction of sp³-hybridized carbons (Fsp3) is 0.500. The summed E-state index contributed by atoms with van der Waals surface area (Å²) in [5.74, 6) is 0.141. The molecule has 1 heterocycles. The molecule has 128 valence electrons. The summed E-state index contributed by atoms with van der Waals surface area (Å²) in [5.41, 5.74) is 1.64. The molecule has 6 heteroatoms. The van der Waals surface area contributed by atoms with Crippen LogP contribution in [0.5, 0.6) is 0 Å². The predicted octanol–water partition coefficient (Wildman–Crippen LogP) is 1.07. The van der Waals surface area contributed by atoms with Gasteiger partial charge in [-0.05, 0) is 31.7 Å². The molecule has 24 heavy (non-hydrogen) atoms. The lowest BCUT2D eigenvalue weighted by atomic mass is 10.1. The summed E-state index contributed by atoms with van der Waals surface area (Å²) in [5, 5.41) is 8.97. The average molecular weight is 328 g/mol. The zero-order valence-corrected chi connectivity index (χ0v) is 14.5. The van der Waals surface area contributed by atoms with E-state index in [1.54, 1.807) is 17.9 Å². The van der Waals surface area contributed by atoms with Crippen LogP contribution in [0.15, 0.2) is 24.3 Å². The van der Waals surface area contributed by atoms with Gasteiger partial charge in [0.25, 0.3) is 0 Å². The van der Waals surface area contributed by atoms with Gasteiger partial charge in [-0.3, -0.25) is 14.5 Å². The Labute approximate surface area is 143 Å². The molecule has 1 aliphatic rings. The number of hydrogen-bond acceptors (Lipinski definition) is 4. The van der Waals surface area contributed by atoms with Crippen LogP contribution in [0.3, 0.4) is 0 Å². The molecule has 0 saturated carbocycles. The Hall–Kier alpha value is -2.39. The maximum absolute atomic E-state index is 12.7. The topological polar surface area (TPSA) is 67.7 Å². The second kappa shape index (κ2) is 7.93. The van der Waals surface area contributed by atoms with E-state index < -0.39 is 0 Å². The van der Waals surface area contributed by atoms with E-state index in [4.69, 9.17) is 5.26 Å². The van der Waals surface area contributed by atoms with Crippen molar-refractivity contribution < 1.29 is 9.59 Å². The Bertz CT molecular complexity index is 645. The molecule has 0 bridgehead atoms. The van der Waals surface area contributed by atoms with Crippen molar-refractivity contribution >= 4 is 11.8 Å². The number of carbonyl (C=O) groups is 2. The molecule has 1 aromatic rings. The SMILES string of the molecule is CC(=O)N1CCN(C(=O)[C@H](C)N(C)Cc2cccc(C#N)c2)CC1. The number of rotatable bonds is 4. The van der Waals surface area contributed by atoms with Crippen LogP contribution >= 0.6 is 0 Å². The summed E-state index contributed by atoms with van der Waals surface area (Å²) < 4.78 is 0. The van der Waals surface area contributed by atoms with Crippen LogP contribution in [0.2, 0.25) is 0 Å². The van der Waals surface area contributed by atoms with Crippen LogP contribution in [-0.4, -0.2) is 65.8 Å². The molecule has 6 nitrogen and oxygen atoms in total. The van der Waals surface area contributed by atoms with Gasteiger partial charge in [0, 0.05) is 39.6 Å². The van der Waals surface area contributed by atoms with Crippen molar-refractivity contribution in [2.24, 2.45) is 0 Å². The molecule has 0 aliphatic carbocycles. The quantitative estimate of drug-likeness (QED) is 0.829. The van der Waals surface area contributed by atoms with Crippen LogP contribution < -0.4 is 0 Å². The van der Waals surface area contributed by atoms with E-state index in [2.05, 4.69) is 6.07 Å². The molecule has 2 rings (SSSR count). The summed E-state index contributed by atoms with van der Waals surface area (Å²) >= 11 is 0. The predicted molar refractivity (Wildman–Crippen MR) is 90.9 cm³/mol. The molecule has 0 aromatic heterocycles. The second-order valence-corrected chi connectivity index (χ2v) is 6.23. The fourth-order valence-corrected chi connectivity index (χ4v) is 2.86. The van der Waals surface area contributed by atoms with Gasteiger partial charge in [-0.1, -0.05) is 12.1 Å². The lowest BCUT2D eigenvalue weighted by molar-refractivity contribution is -0.141. The Kier molecular flexibility index (Phi) is 5.93. The van der Waals surface area contributed by atoms with Gasteiger partial charge in [-0.25, -0.2) is 0 Å². The fourth-order valence-electron chi connectivity index (χ4n) is 2.86. The van der Waals surface area contributed by atoms with E-state index in [0.29, 0.717) is 38.3 Å². The summed E-state index contributed by atoms with van der Waals surface area (Å²) in [7, 11) is 1.91. The number of nitrogens with zero attached hydrogens (tertiary/aromatic N) is 4. The maximum atomic E-state index is 12.7. The number of piperazine rings is 1. The smallest absolute Gasteiger partial charge is 0.239 e. The molecular weight excluding hydrogens is 304 g/mol. The molecule has 2 amide bonds. The van der Waals surface area contributed by atoms with Crippen molar-refractivity contribution in [2.45, 2.75) is 26.4 Å². The Balaban J connectivity index is 1.92. The molecule has 1 aromatic carbocycles. The summed E-state index contributed by atoms with van der Waals surface area (Å²) in [6.45, 7) is 6.43. The third kappa shape index (κ3) is 4.33. The first kappa shape index (κ1) is 18.0. The Morgan fingerprint density at radius 3 is 2.46 bits per heavy atom. The highest BCUT2D eigenvalue weighted by Crippen LogP contribution is 2.12. The Morgan fingerprint density at radius 1 is 1.25 bits per heavy atom. The number of benzene rings is 1. The van der Waals surface area contributed by atoms with Crippen LogP contribution in [-0.2, 0) is 16.1 Å². The van der Waals surface area contributed by atoms with Crippen LogP contribution in [0, 0.1) is 11.3 Å². The van der Waals surface area contributed by atoms with Gasteiger partial charge in [0.2, 0.25) is 11.8 Å². The van der Waals surface area contributed by atoms with Crippen molar-refractivity contribution in [3.63, 3.8) is 0 Å². The van der Waals surface area contributed by atoms with Gasteiger partial charge in [-0.2, -0.15) is 5.26 Å². The first-order valence-electron chi connectivity index (χ1n) is 8.16. The standard InChI is InChI=1S/C18H24N4O2/c1-14(18(24)22-9-7-21(8-10-22)15(2)23)20(3)13-17-6-4-5-16(11-17)12-19/h4-6,11,14H,7-10,13H2,1-3H3/t14-/m0/s1. The third-order valence-electron chi connectivity index (χ3n) is 4.54. The molecule has 0 unspecified atom stereocenters. The van der Waals surface area contributed by atoms with E-state index >= 15 is 0 Å². The lowest BCUT2D eigenvalue weighted by Gasteiger charge is -2.37. The molecular formula is C18H24N4O2. The van der Waals surface area contributed by atoms with Crippen molar-refractivity contribution in [3.8, 4) is 6.07 Å². The average Bonchev–Trinajstić information content (AvgIpc) is 2.60. The zero-order chi connectivity index (χ0) is 17.7. The zero-order valence-electron chi connectivity index (χ0n) is 14.5. The molecule has 1 atom stereocenters. The van der Waals surface area contributed by atoms with E-state index in [1.807, 2.05) is 42.0 Å². The summed E-state index contributed by atoms with van der Waals surface area (Å²) in [6.07, 6.45) is 0. The van der Waals surface area contributed by atoms with Gasteiger partial charge < -0.3 is 9.80 Å². The monoisotopic (exact) mass is 328 g/mol. The van der Waals surface area contributed by atoms with E-state index in [0.717, 1.165) is 5.56 Å². The van der Waals surface area contributed by atoms with Crippen molar-refractivity contribution in [1.82, 2.24) is 14.7 Å². The van der Waals surface area contributed by atoms with Crippen LogP contribution in [0.4, 0.5) is 0 Å². The summed E-state index contributed by atoms with van der Waals surface area (Å²) in [6, 6.07) is 9.31. The van der Waals surface area contributed by atoms with Crippen LogP contribution in [0.25, 0.3) is 0 Å². The normalized spacial score (nSPS) is 16.0. The van der Waals surface area contributed by atoms with Gasteiger partial charge >= 0.3 is 0 Å². The lowest BCUT2D eigenvalue weighted by Crippen LogP contribution is -2.54. The van der Waals surface area contributed by atoms with Crippen molar-refractivity contribution in [1.29, 1.82) is 5.26 Å². The number of nitriles is 1. The van der Waals surface area contributed by atoms with E-state index in [-0.39, 0.29) is 17.9 Å². The molecule has 1 aliphatic heterocycles. The molecule has 0 N–H and O–H groups in total. The van der Waals surface area contributed by atoms with Gasteiger partial charge in [0.15, 0.2) is 0 Å². The number of likely N-dealkylation sites (N-methyl/N-ethyl adjacent to an activating group) is 1. The van der Waals surface area contributed by atoms with E-state index in [9.17, 15) is 9.59 Å². The van der Waals surface area contributed by atoms with Crippen molar-refractivity contribution in [2.75, 3.05) is 33.2 Å². The van der Waals surface area contributed by atoms with E-state index in [1.165, 1.54) is 0 Å². The minimum Gasteiger partial charge on any atom is -0.339 e. The molecule has 0 spiro atoms. The van der Waals surface area contributed by atoms with Gasteiger partial charge in [0.05, 0.1) is 17.7 Å². The molecule has 1 fully saturated rings. The minimum absolute atomic E-state index is 0.0599. The summed E-state index contributed by atoms with van der Waals surface area (Å²) in [4.78, 5) is 29.6. The highest BCUT2D eigenvalue weighted by atomic mass is 16.2. The van der Waals surface area contributed by atoms with Crippen LogP contribution in [0.1, 0.15) is 25.0 Å². The second-order valence-electron chi connectivity index (χ2n) is 6.23. The highest BCUT2D eigenvalue weighted by Gasteiger charge is 2.27. The number of carbonyl (C=O) groups excluding carboxylic acids is 2. The number of hydrogen-bond donors (Lipinski definition) is 0. The van der Waals surface area contributed by atoms with Gasteiger partial charge in [0.1, 0.15) is 0 Å². The largest absolute Gasteiger partial charge is 0.339 e. The molecule has 0 radical (unpaired) electrons. The van der Waals surface area contributed by atoms with Crippen molar-refractivity contribution in [3.05, 3.63) is 35.4 Å². The first-order valence-corrected chi connectivity index (χ1v) is 8.16. The minimum atomic E-state index is -0.250.